The summed E-state index contributed by atoms with van der Waals surface area (Å²) >= 11 is 0. The SMILES string of the molecule is CC1(C)C(NC(=O)O)=N[C@]2(C)c3cc(N)cnc3OCC[C@H]2S1(=O)=O. The van der Waals surface area contributed by atoms with Crippen LogP contribution in [0.4, 0.5) is 10.5 Å². The minimum atomic E-state index is -3.80. The average molecular weight is 368 g/mol. The normalized spacial score (nSPS) is 29.2. The second-order valence-corrected chi connectivity index (χ2v) is 9.52. The maximum atomic E-state index is 13.3. The number of sulfone groups is 1. The van der Waals surface area contributed by atoms with Gasteiger partial charge in [0.05, 0.1) is 23.7 Å². The Labute approximate surface area is 145 Å². The highest BCUT2D eigenvalue weighted by atomic mass is 32.2. The highest BCUT2D eigenvalue weighted by Gasteiger charge is 2.58. The van der Waals surface area contributed by atoms with E-state index in [4.69, 9.17) is 15.6 Å². The smallest absolute Gasteiger partial charge is 0.410 e. The Hall–Kier alpha value is -2.36. The van der Waals surface area contributed by atoms with Crippen molar-refractivity contribution in [3.05, 3.63) is 17.8 Å². The van der Waals surface area contributed by atoms with Crippen molar-refractivity contribution in [2.45, 2.75) is 42.7 Å². The van der Waals surface area contributed by atoms with Crippen LogP contribution < -0.4 is 15.8 Å². The lowest BCUT2D eigenvalue weighted by atomic mass is 9.87. The Morgan fingerprint density at radius 3 is 2.76 bits per heavy atom. The molecule has 0 spiro atoms. The van der Waals surface area contributed by atoms with Gasteiger partial charge in [-0.05, 0) is 26.8 Å². The van der Waals surface area contributed by atoms with Gasteiger partial charge < -0.3 is 15.6 Å². The minimum absolute atomic E-state index is 0.131. The molecule has 4 N–H and O–H groups in total. The molecular formula is C15H20N4O5S. The van der Waals surface area contributed by atoms with Crippen LogP contribution in [0.15, 0.2) is 17.3 Å². The van der Waals surface area contributed by atoms with Gasteiger partial charge in [0, 0.05) is 12.0 Å². The first kappa shape index (κ1) is 17.5. The number of amidine groups is 1. The van der Waals surface area contributed by atoms with E-state index < -0.39 is 31.5 Å². The van der Waals surface area contributed by atoms with Crippen LogP contribution in [0.25, 0.3) is 0 Å². The van der Waals surface area contributed by atoms with Crippen LogP contribution in [0.1, 0.15) is 32.8 Å². The number of amides is 1. The van der Waals surface area contributed by atoms with E-state index >= 15 is 0 Å². The molecule has 0 unspecified atom stereocenters. The van der Waals surface area contributed by atoms with Crippen molar-refractivity contribution >= 4 is 27.5 Å². The molecule has 10 heteroatoms. The first-order valence-corrected chi connectivity index (χ1v) is 9.27. The number of aromatic nitrogens is 1. The molecule has 1 amide bonds. The van der Waals surface area contributed by atoms with Crippen molar-refractivity contribution in [1.29, 1.82) is 0 Å². The first-order chi connectivity index (χ1) is 11.5. The predicted octanol–water partition coefficient (Wildman–Crippen LogP) is 0.903. The lowest BCUT2D eigenvalue weighted by Gasteiger charge is -2.43. The fourth-order valence-corrected chi connectivity index (χ4v) is 5.66. The van der Waals surface area contributed by atoms with Gasteiger partial charge in [0.1, 0.15) is 16.1 Å². The summed E-state index contributed by atoms with van der Waals surface area (Å²) in [6, 6.07) is 1.58. The third-order valence-corrected chi connectivity index (χ3v) is 7.95. The maximum absolute atomic E-state index is 13.3. The molecule has 2 aliphatic rings. The number of ether oxygens (including phenoxy) is 1. The van der Waals surface area contributed by atoms with E-state index in [1.165, 1.54) is 20.0 Å². The van der Waals surface area contributed by atoms with Gasteiger partial charge in [-0.2, -0.15) is 0 Å². The minimum Gasteiger partial charge on any atom is -0.477 e. The van der Waals surface area contributed by atoms with Gasteiger partial charge in [0.2, 0.25) is 5.88 Å². The van der Waals surface area contributed by atoms with Gasteiger partial charge >= 0.3 is 6.09 Å². The summed E-state index contributed by atoms with van der Waals surface area (Å²) in [4.78, 5) is 19.8. The van der Waals surface area contributed by atoms with E-state index in [0.717, 1.165) is 0 Å². The average Bonchev–Trinajstić information content (AvgIpc) is 2.63. The van der Waals surface area contributed by atoms with E-state index in [9.17, 15) is 13.2 Å². The van der Waals surface area contributed by atoms with Gasteiger partial charge in [-0.1, -0.05) is 0 Å². The molecule has 0 aromatic carbocycles. The second-order valence-electron chi connectivity index (χ2n) is 6.84. The highest BCUT2D eigenvalue weighted by molar-refractivity contribution is 7.94. The van der Waals surface area contributed by atoms with Crippen molar-refractivity contribution in [2.24, 2.45) is 4.99 Å². The molecule has 25 heavy (non-hydrogen) atoms. The van der Waals surface area contributed by atoms with Gasteiger partial charge in [0.25, 0.3) is 0 Å². The number of nitrogens with one attached hydrogen (secondary N) is 1. The molecule has 3 rings (SSSR count). The number of nitrogens with two attached hydrogens (primary N) is 1. The highest BCUT2D eigenvalue weighted by Crippen LogP contribution is 2.48. The van der Waals surface area contributed by atoms with E-state index in [1.54, 1.807) is 13.0 Å². The zero-order valence-electron chi connectivity index (χ0n) is 14.1. The van der Waals surface area contributed by atoms with Crippen LogP contribution in [0.3, 0.4) is 0 Å². The summed E-state index contributed by atoms with van der Waals surface area (Å²) in [5, 5.41) is 10.4. The summed E-state index contributed by atoms with van der Waals surface area (Å²) in [6.07, 6.45) is 0.256. The third-order valence-electron chi connectivity index (χ3n) is 4.89. The third kappa shape index (κ3) is 2.43. The van der Waals surface area contributed by atoms with Crippen LogP contribution in [0.2, 0.25) is 0 Å². The standard InChI is InChI=1S/C15H20N4O5S/c1-14(2)12(18-13(20)21)19-15(3)9-6-8(16)7-17-11(9)24-5-4-10(15)25(14,22)23/h6-7,10H,4-5,16H2,1-3H3,(H,18,19)(H,20,21)/t10-,15-/m1/s1. The molecule has 9 nitrogen and oxygen atoms in total. The van der Waals surface area contributed by atoms with Crippen molar-refractivity contribution in [3.8, 4) is 5.88 Å². The summed E-state index contributed by atoms with van der Waals surface area (Å²) in [7, 11) is -3.80. The summed E-state index contributed by atoms with van der Waals surface area (Å²) in [5.74, 6) is 0.126. The number of nitrogens with zero attached hydrogens (tertiary/aromatic N) is 2. The molecule has 0 fully saturated rings. The second kappa shape index (κ2) is 5.32. The Balaban J connectivity index is 2.33. The lowest BCUT2D eigenvalue weighted by Crippen LogP contribution is -2.61. The zero-order chi connectivity index (χ0) is 18.6. The number of aliphatic imine (C=N–C) groups is 1. The van der Waals surface area contributed by atoms with E-state index in [1.807, 2.05) is 0 Å². The molecule has 2 atom stereocenters. The number of rotatable bonds is 0. The molecule has 136 valence electrons. The Morgan fingerprint density at radius 2 is 2.12 bits per heavy atom. The largest absolute Gasteiger partial charge is 0.477 e. The molecular weight excluding hydrogens is 348 g/mol. The van der Waals surface area contributed by atoms with Crippen molar-refractivity contribution in [3.63, 3.8) is 0 Å². The number of hydrogen-bond donors (Lipinski definition) is 3. The van der Waals surface area contributed by atoms with E-state index in [-0.39, 0.29) is 24.7 Å². The summed E-state index contributed by atoms with van der Waals surface area (Å²) in [5.41, 5.74) is 5.33. The molecule has 0 aliphatic carbocycles. The van der Waals surface area contributed by atoms with Crippen molar-refractivity contribution < 1.29 is 23.1 Å². The Morgan fingerprint density at radius 1 is 1.44 bits per heavy atom. The zero-order valence-corrected chi connectivity index (χ0v) is 14.9. The first-order valence-electron chi connectivity index (χ1n) is 7.72. The molecule has 0 saturated carbocycles. The van der Waals surface area contributed by atoms with Gasteiger partial charge in [0.15, 0.2) is 9.84 Å². The topological polar surface area (TPSA) is 144 Å². The number of fused-ring (bicyclic) bond motifs is 3. The van der Waals surface area contributed by atoms with Crippen LogP contribution in [0, 0.1) is 0 Å². The number of hydrogen-bond acceptors (Lipinski definition) is 7. The van der Waals surface area contributed by atoms with Crippen molar-refractivity contribution in [1.82, 2.24) is 10.3 Å². The molecule has 1 aromatic heterocycles. The van der Waals surface area contributed by atoms with Gasteiger partial charge in [-0.25, -0.2) is 18.2 Å². The molecule has 0 saturated heterocycles. The molecule has 0 radical (unpaired) electrons. The van der Waals surface area contributed by atoms with Gasteiger partial charge in [-0.3, -0.25) is 10.3 Å². The number of anilines is 1. The van der Waals surface area contributed by atoms with Crippen LogP contribution in [0.5, 0.6) is 5.88 Å². The molecule has 1 aromatic rings. The van der Waals surface area contributed by atoms with Crippen molar-refractivity contribution in [2.75, 3.05) is 12.3 Å². The van der Waals surface area contributed by atoms with Crippen LogP contribution in [-0.4, -0.2) is 47.0 Å². The van der Waals surface area contributed by atoms with E-state index in [2.05, 4.69) is 15.3 Å². The predicted molar refractivity (Wildman–Crippen MR) is 91.5 cm³/mol. The van der Waals surface area contributed by atoms with E-state index in [0.29, 0.717) is 11.3 Å². The van der Waals surface area contributed by atoms with Gasteiger partial charge in [-0.15, -0.1) is 0 Å². The number of carbonyl (C=O) groups is 1. The quantitative estimate of drug-likeness (QED) is 0.617. The fourth-order valence-electron chi connectivity index (χ4n) is 3.39. The Kier molecular flexibility index (Phi) is 3.71. The molecule has 0 bridgehead atoms. The monoisotopic (exact) mass is 368 g/mol. The summed E-state index contributed by atoms with van der Waals surface area (Å²) in [6.45, 7) is 4.70. The number of nitrogen functional groups attached to an aromatic ring is 1. The number of carboxylic acid groups (broad SMARTS) is 1. The summed E-state index contributed by atoms with van der Waals surface area (Å²) < 4.78 is 30.7. The Bertz CT molecular complexity index is 880. The fraction of sp³-hybridized carbons (Fsp3) is 0.533. The maximum Gasteiger partial charge on any atom is 0.410 e. The number of pyridine rings is 1. The van der Waals surface area contributed by atoms with Crippen LogP contribution in [-0.2, 0) is 15.4 Å². The van der Waals surface area contributed by atoms with Crippen LogP contribution >= 0.6 is 0 Å². The molecule has 2 aliphatic heterocycles. The molecule has 3 heterocycles. The lowest BCUT2D eigenvalue weighted by molar-refractivity contribution is 0.199.